The second-order valence-corrected chi connectivity index (χ2v) is 8.47. The van der Waals surface area contributed by atoms with Crippen LogP contribution in [0.2, 0.25) is 0 Å². The fourth-order valence-corrected chi connectivity index (χ4v) is 5.25. The van der Waals surface area contributed by atoms with Crippen LogP contribution >= 0.6 is 11.3 Å². The number of nitrogens with zero attached hydrogens (tertiary/aromatic N) is 1. The van der Waals surface area contributed by atoms with Crippen LogP contribution in [0.15, 0.2) is 41.8 Å². The van der Waals surface area contributed by atoms with Crippen molar-refractivity contribution >= 4 is 23.2 Å². The van der Waals surface area contributed by atoms with Gasteiger partial charge < -0.3 is 10.2 Å². The number of rotatable bonds is 5. The van der Waals surface area contributed by atoms with Gasteiger partial charge in [0.05, 0.1) is 6.04 Å². The fourth-order valence-electron chi connectivity index (χ4n) is 4.35. The molecule has 27 heavy (non-hydrogen) atoms. The van der Waals surface area contributed by atoms with Gasteiger partial charge in [-0.2, -0.15) is 0 Å². The topological polar surface area (TPSA) is 49.4 Å². The number of hydrogen-bond donors (Lipinski definition) is 1. The smallest absolute Gasteiger partial charge is 0.225 e. The van der Waals surface area contributed by atoms with Crippen molar-refractivity contribution in [3.63, 3.8) is 0 Å². The van der Waals surface area contributed by atoms with Crippen LogP contribution in [-0.2, 0) is 16.0 Å². The molecule has 1 aliphatic heterocycles. The highest BCUT2D eigenvalue weighted by molar-refractivity contribution is 7.10. The third-order valence-corrected chi connectivity index (χ3v) is 6.76. The van der Waals surface area contributed by atoms with Gasteiger partial charge in [0.1, 0.15) is 0 Å². The average Bonchev–Trinajstić information content (AvgIpc) is 3.39. The van der Waals surface area contributed by atoms with Crippen molar-refractivity contribution in [1.29, 1.82) is 0 Å². The predicted molar refractivity (Wildman–Crippen MR) is 108 cm³/mol. The van der Waals surface area contributed by atoms with E-state index in [-0.39, 0.29) is 23.8 Å². The van der Waals surface area contributed by atoms with E-state index in [0.717, 1.165) is 44.2 Å². The summed E-state index contributed by atoms with van der Waals surface area (Å²) in [5.41, 5.74) is 2.40. The highest BCUT2D eigenvalue weighted by Gasteiger charge is 2.32. The minimum Gasteiger partial charge on any atom is -0.355 e. The molecule has 1 atom stereocenters. The van der Waals surface area contributed by atoms with Crippen molar-refractivity contribution in [3.8, 4) is 0 Å². The molecule has 2 aromatic rings. The van der Waals surface area contributed by atoms with Crippen LogP contribution in [0.1, 0.15) is 54.1 Å². The molecule has 2 aliphatic rings. The largest absolute Gasteiger partial charge is 0.355 e. The van der Waals surface area contributed by atoms with E-state index in [1.165, 1.54) is 10.4 Å². The Morgan fingerprint density at radius 1 is 1.11 bits per heavy atom. The molecule has 1 aliphatic carbocycles. The van der Waals surface area contributed by atoms with Gasteiger partial charge in [0.2, 0.25) is 11.8 Å². The standard InChI is InChI=1S/C22H26N2O2S/c25-20(10-13-23-22(26)17-8-4-5-9-17)24-14-11-19-18(12-15-27-19)21(24)16-6-2-1-3-7-16/h1-3,6-7,12,15,17,21H,4-5,8-11,13-14H2,(H,23,26). The quantitative estimate of drug-likeness (QED) is 0.852. The van der Waals surface area contributed by atoms with Gasteiger partial charge in [-0.15, -0.1) is 11.3 Å². The normalized spacial score (nSPS) is 19.7. The van der Waals surface area contributed by atoms with Crippen molar-refractivity contribution in [2.24, 2.45) is 5.92 Å². The molecule has 1 saturated carbocycles. The van der Waals surface area contributed by atoms with Gasteiger partial charge in [-0.25, -0.2) is 0 Å². The first-order chi connectivity index (χ1) is 13.2. The third kappa shape index (κ3) is 3.93. The van der Waals surface area contributed by atoms with E-state index in [9.17, 15) is 9.59 Å². The van der Waals surface area contributed by atoms with Crippen molar-refractivity contribution in [2.45, 2.75) is 44.6 Å². The van der Waals surface area contributed by atoms with Crippen LogP contribution in [0.25, 0.3) is 0 Å². The first-order valence-corrected chi connectivity index (χ1v) is 10.8. The van der Waals surface area contributed by atoms with E-state index in [0.29, 0.717) is 13.0 Å². The fraction of sp³-hybridized carbons (Fsp3) is 0.455. The molecule has 2 amide bonds. The maximum absolute atomic E-state index is 13.0. The molecule has 1 aromatic heterocycles. The van der Waals surface area contributed by atoms with Gasteiger partial charge in [0.25, 0.3) is 0 Å². The molecular weight excluding hydrogens is 356 g/mol. The Balaban J connectivity index is 1.43. The number of hydrogen-bond acceptors (Lipinski definition) is 3. The van der Waals surface area contributed by atoms with Crippen molar-refractivity contribution < 1.29 is 9.59 Å². The van der Waals surface area contributed by atoms with Crippen LogP contribution in [0.4, 0.5) is 0 Å². The zero-order chi connectivity index (χ0) is 18.6. The number of carbonyl (C=O) groups is 2. The molecular formula is C22H26N2O2S. The highest BCUT2D eigenvalue weighted by Crippen LogP contribution is 2.37. The lowest BCUT2D eigenvalue weighted by Crippen LogP contribution is -2.41. The maximum Gasteiger partial charge on any atom is 0.225 e. The molecule has 5 heteroatoms. The number of benzene rings is 1. The number of carbonyl (C=O) groups excluding carboxylic acids is 2. The van der Waals surface area contributed by atoms with E-state index in [1.807, 2.05) is 23.1 Å². The van der Waals surface area contributed by atoms with Crippen LogP contribution in [0.3, 0.4) is 0 Å². The average molecular weight is 383 g/mol. The molecule has 1 aromatic carbocycles. The molecule has 0 radical (unpaired) electrons. The molecule has 2 heterocycles. The summed E-state index contributed by atoms with van der Waals surface area (Å²) < 4.78 is 0. The van der Waals surface area contributed by atoms with Crippen LogP contribution in [-0.4, -0.2) is 29.8 Å². The Kier molecular flexibility index (Phi) is 5.58. The third-order valence-electron chi connectivity index (χ3n) is 5.77. The summed E-state index contributed by atoms with van der Waals surface area (Å²) in [7, 11) is 0. The summed E-state index contributed by atoms with van der Waals surface area (Å²) in [6.45, 7) is 1.17. The summed E-state index contributed by atoms with van der Waals surface area (Å²) in [6, 6.07) is 12.4. The summed E-state index contributed by atoms with van der Waals surface area (Å²) in [5.74, 6) is 0.395. The Labute approximate surface area is 164 Å². The van der Waals surface area contributed by atoms with Crippen molar-refractivity contribution in [1.82, 2.24) is 10.2 Å². The Morgan fingerprint density at radius 2 is 1.89 bits per heavy atom. The lowest BCUT2D eigenvalue weighted by atomic mass is 9.93. The van der Waals surface area contributed by atoms with E-state index in [1.54, 1.807) is 11.3 Å². The molecule has 1 N–H and O–H groups in total. The molecule has 4 rings (SSSR count). The van der Waals surface area contributed by atoms with Crippen molar-refractivity contribution in [3.05, 3.63) is 57.8 Å². The lowest BCUT2D eigenvalue weighted by molar-refractivity contribution is -0.133. The Hall–Kier alpha value is -2.14. The van der Waals surface area contributed by atoms with Gasteiger partial charge >= 0.3 is 0 Å². The lowest BCUT2D eigenvalue weighted by Gasteiger charge is -2.36. The molecule has 1 unspecified atom stereocenters. The van der Waals surface area contributed by atoms with Crippen molar-refractivity contribution in [2.75, 3.05) is 13.1 Å². The van der Waals surface area contributed by atoms with Crippen LogP contribution in [0, 0.1) is 5.92 Å². The zero-order valence-electron chi connectivity index (χ0n) is 15.5. The summed E-state index contributed by atoms with van der Waals surface area (Å²) in [5, 5.41) is 5.10. The minimum absolute atomic E-state index is 0.0146. The van der Waals surface area contributed by atoms with E-state index in [4.69, 9.17) is 0 Å². The van der Waals surface area contributed by atoms with Gasteiger partial charge in [-0.3, -0.25) is 9.59 Å². The first-order valence-electron chi connectivity index (χ1n) is 9.92. The van der Waals surface area contributed by atoms with Gasteiger partial charge in [0.15, 0.2) is 0 Å². The van der Waals surface area contributed by atoms with E-state index < -0.39 is 0 Å². The highest BCUT2D eigenvalue weighted by atomic mass is 32.1. The monoisotopic (exact) mass is 382 g/mol. The Morgan fingerprint density at radius 3 is 2.67 bits per heavy atom. The van der Waals surface area contributed by atoms with Gasteiger partial charge in [-0.1, -0.05) is 43.2 Å². The van der Waals surface area contributed by atoms with E-state index >= 15 is 0 Å². The Bertz CT molecular complexity index is 796. The maximum atomic E-state index is 13.0. The van der Waals surface area contributed by atoms with Gasteiger partial charge in [0, 0.05) is 30.3 Å². The number of amides is 2. The van der Waals surface area contributed by atoms with Gasteiger partial charge in [-0.05, 0) is 41.8 Å². The van der Waals surface area contributed by atoms with E-state index in [2.05, 4.69) is 28.9 Å². The second-order valence-electron chi connectivity index (χ2n) is 7.47. The summed E-state index contributed by atoms with van der Waals surface area (Å²) in [4.78, 5) is 28.5. The molecule has 1 fully saturated rings. The molecule has 0 saturated heterocycles. The summed E-state index contributed by atoms with van der Waals surface area (Å²) >= 11 is 1.78. The minimum atomic E-state index is -0.0146. The summed E-state index contributed by atoms with van der Waals surface area (Å²) in [6.07, 6.45) is 5.54. The first kappa shape index (κ1) is 18.2. The number of fused-ring (bicyclic) bond motifs is 1. The SMILES string of the molecule is O=C(NCCC(=O)N1CCc2sccc2C1c1ccccc1)C1CCCC1. The molecule has 4 nitrogen and oxygen atoms in total. The molecule has 142 valence electrons. The molecule has 0 spiro atoms. The number of nitrogens with one attached hydrogen (secondary N) is 1. The zero-order valence-corrected chi connectivity index (χ0v) is 16.3. The van der Waals surface area contributed by atoms with Crippen LogP contribution in [0.5, 0.6) is 0 Å². The van der Waals surface area contributed by atoms with Crippen LogP contribution < -0.4 is 5.32 Å². The second kappa shape index (κ2) is 8.26. The molecule has 0 bridgehead atoms. The number of thiophene rings is 1. The predicted octanol–water partition coefficient (Wildman–Crippen LogP) is 3.92.